The minimum Gasteiger partial charge on any atom is -0.481 e. The Balaban J connectivity index is 1.55. The fourth-order valence-electron chi connectivity index (χ4n) is 4.81. The topological polar surface area (TPSA) is 99.9 Å². The van der Waals surface area contributed by atoms with Crippen LogP contribution in [0.15, 0.2) is 57.7 Å². The molecule has 2 aromatic carbocycles. The van der Waals surface area contributed by atoms with E-state index in [1.165, 1.54) is 6.07 Å². The first-order chi connectivity index (χ1) is 15.9. The van der Waals surface area contributed by atoms with E-state index in [9.17, 15) is 19.5 Å². The zero-order chi connectivity index (χ0) is 23.5. The molecule has 3 aromatic rings. The van der Waals surface area contributed by atoms with Gasteiger partial charge >= 0.3 is 11.6 Å². The summed E-state index contributed by atoms with van der Waals surface area (Å²) in [4.78, 5) is 38.4. The van der Waals surface area contributed by atoms with Crippen LogP contribution >= 0.6 is 0 Å². The van der Waals surface area contributed by atoms with Crippen molar-refractivity contribution in [1.82, 2.24) is 4.90 Å². The number of nitrogens with zero attached hydrogens (tertiary/aromatic N) is 1. The summed E-state index contributed by atoms with van der Waals surface area (Å²) in [6.45, 7) is 4.51. The van der Waals surface area contributed by atoms with Gasteiger partial charge in [0.2, 0.25) is 5.91 Å². The van der Waals surface area contributed by atoms with Crippen LogP contribution in [0.3, 0.4) is 0 Å². The summed E-state index contributed by atoms with van der Waals surface area (Å²) in [7, 11) is 0. The number of carboxylic acids is 1. The van der Waals surface area contributed by atoms with Crippen LogP contribution in [0, 0.1) is 12.8 Å². The lowest BCUT2D eigenvalue weighted by molar-refractivity contribution is -0.149. The summed E-state index contributed by atoms with van der Waals surface area (Å²) in [5.41, 5.74) is 3.49. The third-order valence-electron chi connectivity index (χ3n) is 6.46. The first kappa shape index (κ1) is 22.6. The molecular weight excluding hydrogens is 420 g/mol. The van der Waals surface area contributed by atoms with Gasteiger partial charge < -0.3 is 19.7 Å². The van der Waals surface area contributed by atoms with Crippen LogP contribution in [0.4, 0.5) is 5.69 Å². The second-order valence-electron chi connectivity index (χ2n) is 8.51. The third kappa shape index (κ3) is 4.62. The summed E-state index contributed by atoms with van der Waals surface area (Å²) in [6.07, 6.45) is 1.88. The Morgan fingerprint density at radius 1 is 1.15 bits per heavy atom. The van der Waals surface area contributed by atoms with Gasteiger partial charge in [0.1, 0.15) is 5.58 Å². The van der Waals surface area contributed by atoms with Crippen molar-refractivity contribution in [3.05, 3.63) is 64.5 Å². The zero-order valence-corrected chi connectivity index (χ0v) is 18.8. The second-order valence-corrected chi connectivity index (χ2v) is 8.51. The van der Waals surface area contributed by atoms with Crippen molar-refractivity contribution in [3.8, 4) is 11.1 Å². The molecule has 1 fully saturated rings. The van der Waals surface area contributed by atoms with Gasteiger partial charge in [0.05, 0.1) is 12.5 Å². The Bertz CT molecular complexity index is 1250. The van der Waals surface area contributed by atoms with E-state index in [4.69, 9.17) is 4.42 Å². The number of aliphatic carboxylic acids is 1. The van der Waals surface area contributed by atoms with E-state index in [1.54, 1.807) is 11.0 Å². The van der Waals surface area contributed by atoms with Crippen LogP contribution in [-0.2, 0) is 9.59 Å². The van der Waals surface area contributed by atoms with E-state index in [-0.39, 0.29) is 18.5 Å². The highest BCUT2D eigenvalue weighted by Crippen LogP contribution is 2.31. The number of aryl methyl sites for hydroxylation is 1. The van der Waals surface area contributed by atoms with Gasteiger partial charge in [-0.3, -0.25) is 9.59 Å². The largest absolute Gasteiger partial charge is 0.481 e. The maximum Gasteiger partial charge on any atom is 0.336 e. The number of hydrogen-bond acceptors (Lipinski definition) is 5. The number of benzene rings is 2. The SMILES string of the molecule is CC[C@H]1C(C(=O)O)CCCN1C(=O)CNc1ccc2c(-c3ccccc3C)cc(=O)oc2c1. The van der Waals surface area contributed by atoms with Crippen LogP contribution in [0.25, 0.3) is 22.1 Å². The molecule has 2 N–H and O–H groups in total. The molecule has 0 saturated carbocycles. The highest BCUT2D eigenvalue weighted by Gasteiger charge is 2.36. The van der Waals surface area contributed by atoms with Gasteiger partial charge in [-0.05, 0) is 49.4 Å². The van der Waals surface area contributed by atoms with Crippen molar-refractivity contribution in [2.24, 2.45) is 5.92 Å². The van der Waals surface area contributed by atoms with Crippen LogP contribution < -0.4 is 10.9 Å². The Morgan fingerprint density at radius 2 is 1.94 bits per heavy atom. The molecule has 0 aliphatic carbocycles. The van der Waals surface area contributed by atoms with Gasteiger partial charge in [0.15, 0.2) is 0 Å². The van der Waals surface area contributed by atoms with Crippen molar-refractivity contribution < 1.29 is 19.1 Å². The molecule has 1 aliphatic heterocycles. The van der Waals surface area contributed by atoms with E-state index in [0.717, 1.165) is 22.1 Å². The fraction of sp³-hybridized carbons (Fsp3) is 0.346. The number of hydrogen-bond donors (Lipinski definition) is 2. The summed E-state index contributed by atoms with van der Waals surface area (Å²) >= 11 is 0. The molecule has 7 nitrogen and oxygen atoms in total. The number of amides is 1. The zero-order valence-electron chi connectivity index (χ0n) is 18.8. The van der Waals surface area contributed by atoms with E-state index in [2.05, 4.69) is 5.32 Å². The fourth-order valence-corrected chi connectivity index (χ4v) is 4.81. The maximum atomic E-state index is 12.9. The number of fused-ring (bicyclic) bond motifs is 1. The van der Waals surface area contributed by atoms with Gasteiger partial charge in [0, 0.05) is 41.4 Å². The molecule has 0 bridgehead atoms. The van der Waals surface area contributed by atoms with Crippen molar-refractivity contribution in [1.29, 1.82) is 0 Å². The number of nitrogens with one attached hydrogen (secondary N) is 1. The van der Waals surface area contributed by atoms with Crippen LogP contribution in [0.5, 0.6) is 0 Å². The summed E-state index contributed by atoms with van der Waals surface area (Å²) in [5, 5.41) is 13.4. The van der Waals surface area contributed by atoms with Crippen molar-refractivity contribution in [2.45, 2.75) is 39.2 Å². The Labute approximate surface area is 192 Å². The third-order valence-corrected chi connectivity index (χ3v) is 6.46. The van der Waals surface area contributed by atoms with E-state index in [0.29, 0.717) is 37.1 Å². The van der Waals surface area contributed by atoms with Gasteiger partial charge in [-0.25, -0.2) is 4.79 Å². The lowest BCUT2D eigenvalue weighted by Crippen LogP contribution is -2.51. The normalized spacial score (nSPS) is 18.3. The molecule has 1 unspecified atom stereocenters. The number of rotatable bonds is 6. The average Bonchev–Trinajstić information content (AvgIpc) is 2.81. The average molecular weight is 449 g/mol. The molecule has 1 saturated heterocycles. The van der Waals surface area contributed by atoms with Crippen LogP contribution in [-0.4, -0.2) is 41.0 Å². The number of carbonyl (C=O) groups is 2. The molecule has 0 radical (unpaired) electrons. The standard InChI is InChI=1S/C26H28N2O5/c1-3-22-20(26(31)32)9-6-12-28(22)24(29)15-27-17-10-11-19-21(14-25(30)33-23(19)13-17)18-8-5-4-7-16(18)2/h4-5,7-8,10-11,13-14,20,22,27H,3,6,9,12,15H2,1-2H3,(H,31,32)/t20?,22-/m0/s1. The van der Waals surface area contributed by atoms with Gasteiger partial charge in [-0.2, -0.15) is 0 Å². The number of piperidine rings is 1. The number of likely N-dealkylation sites (tertiary alicyclic amines) is 1. The minimum absolute atomic E-state index is 0.0378. The molecule has 33 heavy (non-hydrogen) atoms. The predicted octanol–water partition coefficient (Wildman–Crippen LogP) is 4.28. The molecular formula is C26H28N2O5. The highest BCUT2D eigenvalue weighted by atomic mass is 16.4. The first-order valence-electron chi connectivity index (χ1n) is 11.3. The maximum absolute atomic E-state index is 12.9. The second kappa shape index (κ2) is 9.48. The van der Waals surface area contributed by atoms with Gasteiger partial charge in [-0.15, -0.1) is 0 Å². The molecule has 1 amide bonds. The number of carboxylic acid groups (broad SMARTS) is 1. The highest BCUT2D eigenvalue weighted by molar-refractivity contribution is 5.95. The molecule has 4 rings (SSSR count). The Hall–Kier alpha value is -3.61. The van der Waals surface area contributed by atoms with Gasteiger partial charge in [-0.1, -0.05) is 31.2 Å². The number of carbonyl (C=O) groups excluding carboxylic acids is 1. The van der Waals surface area contributed by atoms with Crippen molar-refractivity contribution >= 4 is 28.5 Å². The molecule has 1 aromatic heterocycles. The first-order valence-corrected chi connectivity index (χ1v) is 11.3. The van der Waals surface area contributed by atoms with Gasteiger partial charge in [0.25, 0.3) is 0 Å². The van der Waals surface area contributed by atoms with E-state index in [1.807, 2.05) is 50.2 Å². The lowest BCUT2D eigenvalue weighted by atomic mass is 9.87. The molecule has 7 heteroatoms. The van der Waals surface area contributed by atoms with E-state index < -0.39 is 17.5 Å². The van der Waals surface area contributed by atoms with Crippen LogP contribution in [0.2, 0.25) is 0 Å². The van der Waals surface area contributed by atoms with E-state index >= 15 is 0 Å². The predicted molar refractivity (Wildman–Crippen MR) is 127 cm³/mol. The monoisotopic (exact) mass is 448 g/mol. The van der Waals surface area contributed by atoms with Crippen molar-refractivity contribution in [2.75, 3.05) is 18.4 Å². The quantitative estimate of drug-likeness (QED) is 0.546. The summed E-state index contributed by atoms with van der Waals surface area (Å²) in [5.74, 6) is -1.51. The number of anilines is 1. The molecule has 1 aliphatic rings. The molecule has 2 atom stereocenters. The van der Waals surface area contributed by atoms with Crippen LogP contribution in [0.1, 0.15) is 31.7 Å². The summed E-state index contributed by atoms with van der Waals surface area (Å²) < 4.78 is 5.45. The minimum atomic E-state index is -0.846. The smallest absolute Gasteiger partial charge is 0.336 e. The Kier molecular flexibility index (Phi) is 6.49. The lowest BCUT2D eigenvalue weighted by Gasteiger charge is -2.39. The Morgan fingerprint density at radius 3 is 2.67 bits per heavy atom. The molecule has 172 valence electrons. The molecule has 0 spiro atoms. The molecule has 2 heterocycles. The van der Waals surface area contributed by atoms with Crippen molar-refractivity contribution in [3.63, 3.8) is 0 Å². The summed E-state index contributed by atoms with van der Waals surface area (Å²) in [6, 6.07) is 14.5.